The van der Waals surface area contributed by atoms with Crippen LogP contribution in [0.5, 0.6) is 0 Å². The molecule has 18 heavy (non-hydrogen) atoms. The maximum atomic E-state index is 11.9. The van der Waals surface area contributed by atoms with Crippen LogP contribution in [0.3, 0.4) is 0 Å². The summed E-state index contributed by atoms with van der Waals surface area (Å²) >= 11 is 0. The smallest absolute Gasteiger partial charge is 0.243 e. The molecule has 0 atom stereocenters. The third kappa shape index (κ3) is 3.64. The van der Waals surface area contributed by atoms with Gasteiger partial charge in [-0.05, 0) is 25.2 Å². The van der Waals surface area contributed by atoms with Crippen molar-refractivity contribution in [2.75, 3.05) is 18.4 Å². The zero-order valence-electron chi connectivity index (χ0n) is 10.4. The summed E-state index contributed by atoms with van der Waals surface area (Å²) in [4.78, 5) is 8.08. The van der Waals surface area contributed by atoms with E-state index in [-0.39, 0.29) is 4.90 Å². The summed E-state index contributed by atoms with van der Waals surface area (Å²) in [7, 11) is -3.46. The van der Waals surface area contributed by atoms with E-state index >= 15 is 0 Å². The third-order valence-electron chi connectivity index (χ3n) is 2.73. The van der Waals surface area contributed by atoms with Gasteiger partial charge in [-0.3, -0.25) is 0 Å². The largest absolute Gasteiger partial charge is 0.354 e. The van der Waals surface area contributed by atoms with E-state index < -0.39 is 10.0 Å². The Hall–Kier alpha value is -1.21. The van der Waals surface area contributed by atoms with Crippen molar-refractivity contribution in [3.8, 4) is 0 Å². The van der Waals surface area contributed by atoms with E-state index in [0.29, 0.717) is 18.4 Å². The molecule has 1 fully saturated rings. The Morgan fingerprint density at radius 1 is 1.33 bits per heavy atom. The summed E-state index contributed by atoms with van der Waals surface area (Å²) in [6.07, 6.45) is 5.85. The molecule has 0 radical (unpaired) electrons. The Morgan fingerprint density at radius 3 is 2.56 bits per heavy atom. The van der Waals surface area contributed by atoms with Gasteiger partial charge >= 0.3 is 0 Å². The molecule has 0 bridgehead atoms. The SMILES string of the molecule is CCCNc1ncc(S(=O)(=O)NCC2CC2)cn1. The molecule has 1 aromatic rings. The van der Waals surface area contributed by atoms with Crippen LogP contribution in [0.15, 0.2) is 17.3 Å². The van der Waals surface area contributed by atoms with Gasteiger partial charge in [-0.1, -0.05) is 6.92 Å². The molecule has 0 saturated heterocycles. The topological polar surface area (TPSA) is 84.0 Å². The minimum Gasteiger partial charge on any atom is -0.354 e. The van der Waals surface area contributed by atoms with Crippen molar-refractivity contribution in [1.29, 1.82) is 0 Å². The molecule has 100 valence electrons. The number of hydrogen-bond donors (Lipinski definition) is 2. The summed E-state index contributed by atoms with van der Waals surface area (Å²) in [6, 6.07) is 0. The van der Waals surface area contributed by atoms with Crippen molar-refractivity contribution in [3.63, 3.8) is 0 Å². The molecule has 2 rings (SSSR count). The lowest BCUT2D eigenvalue weighted by molar-refractivity contribution is 0.576. The second-order valence-corrected chi connectivity index (χ2v) is 6.23. The van der Waals surface area contributed by atoms with E-state index in [1.54, 1.807) is 0 Å². The van der Waals surface area contributed by atoms with E-state index in [9.17, 15) is 8.42 Å². The molecule has 6 nitrogen and oxygen atoms in total. The van der Waals surface area contributed by atoms with Crippen LogP contribution in [0.25, 0.3) is 0 Å². The average molecular weight is 270 g/mol. The van der Waals surface area contributed by atoms with Gasteiger partial charge in [-0.2, -0.15) is 0 Å². The van der Waals surface area contributed by atoms with Crippen LogP contribution in [0.2, 0.25) is 0 Å². The van der Waals surface area contributed by atoms with Crippen molar-refractivity contribution in [2.24, 2.45) is 5.92 Å². The molecule has 0 unspecified atom stereocenters. The monoisotopic (exact) mass is 270 g/mol. The van der Waals surface area contributed by atoms with Gasteiger partial charge in [0.1, 0.15) is 4.90 Å². The van der Waals surface area contributed by atoms with E-state index in [0.717, 1.165) is 25.8 Å². The standard InChI is InChI=1S/C11H18N4O2S/c1-2-5-12-11-13-7-10(8-14-11)18(16,17)15-6-9-3-4-9/h7-9,15H,2-6H2,1H3,(H,12,13,14). The van der Waals surface area contributed by atoms with Crippen molar-refractivity contribution >= 4 is 16.0 Å². The Morgan fingerprint density at radius 2 is 2.00 bits per heavy atom. The zero-order chi connectivity index (χ0) is 13.0. The molecule has 1 aromatic heterocycles. The van der Waals surface area contributed by atoms with Crippen LogP contribution in [0, 0.1) is 5.92 Å². The number of sulfonamides is 1. The lowest BCUT2D eigenvalue weighted by atomic mass is 10.4. The molecule has 0 amide bonds. The fourth-order valence-electron chi connectivity index (χ4n) is 1.42. The minimum absolute atomic E-state index is 0.116. The Balaban J connectivity index is 1.98. The fourth-order valence-corrected chi connectivity index (χ4v) is 2.42. The summed E-state index contributed by atoms with van der Waals surface area (Å²) in [5.41, 5.74) is 0. The first-order chi connectivity index (χ1) is 8.62. The van der Waals surface area contributed by atoms with Gasteiger partial charge in [0.25, 0.3) is 0 Å². The van der Waals surface area contributed by atoms with Gasteiger partial charge in [0.2, 0.25) is 16.0 Å². The summed E-state index contributed by atoms with van der Waals surface area (Å²) < 4.78 is 26.3. The lowest BCUT2D eigenvalue weighted by Gasteiger charge is -2.06. The molecular weight excluding hydrogens is 252 g/mol. The predicted octanol–water partition coefficient (Wildman–Crippen LogP) is 0.987. The molecule has 1 heterocycles. The molecule has 1 aliphatic rings. The normalized spacial score (nSPS) is 15.6. The van der Waals surface area contributed by atoms with Gasteiger partial charge in [0, 0.05) is 13.1 Å². The maximum absolute atomic E-state index is 11.9. The first-order valence-electron chi connectivity index (χ1n) is 6.17. The second-order valence-electron chi connectivity index (χ2n) is 4.46. The molecule has 1 saturated carbocycles. The van der Waals surface area contributed by atoms with Gasteiger partial charge in [-0.25, -0.2) is 23.1 Å². The highest BCUT2D eigenvalue weighted by Gasteiger charge is 2.24. The van der Waals surface area contributed by atoms with Gasteiger partial charge in [0.05, 0.1) is 12.4 Å². The molecule has 7 heteroatoms. The van der Waals surface area contributed by atoms with Crippen molar-refractivity contribution in [3.05, 3.63) is 12.4 Å². The van der Waals surface area contributed by atoms with E-state index in [1.807, 2.05) is 6.92 Å². The van der Waals surface area contributed by atoms with E-state index in [4.69, 9.17) is 0 Å². The van der Waals surface area contributed by atoms with Crippen LogP contribution in [-0.4, -0.2) is 31.5 Å². The average Bonchev–Trinajstić information content (AvgIpc) is 3.19. The van der Waals surface area contributed by atoms with Crippen LogP contribution < -0.4 is 10.0 Å². The molecular formula is C11H18N4O2S. The molecule has 0 aromatic carbocycles. The highest BCUT2D eigenvalue weighted by molar-refractivity contribution is 7.89. The first-order valence-corrected chi connectivity index (χ1v) is 7.65. The van der Waals surface area contributed by atoms with Crippen LogP contribution in [0.1, 0.15) is 26.2 Å². The number of rotatable bonds is 7. The summed E-state index contributed by atoms with van der Waals surface area (Å²) in [5, 5.41) is 3.00. The molecule has 1 aliphatic carbocycles. The fraction of sp³-hybridized carbons (Fsp3) is 0.636. The Labute approximate surface area is 107 Å². The second kappa shape index (κ2) is 5.62. The number of nitrogens with zero attached hydrogens (tertiary/aromatic N) is 2. The zero-order valence-corrected chi connectivity index (χ0v) is 11.2. The van der Waals surface area contributed by atoms with Crippen molar-refractivity contribution < 1.29 is 8.42 Å². The van der Waals surface area contributed by atoms with Crippen LogP contribution in [-0.2, 0) is 10.0 Å². The van der Waals surface area contributed by atoms with E-state index in [1.165, 1.54) is 12.4 Å². The number of hydrogen-bond acceptors (Lipinski definition) is 5. The number of anilines is 1. The molecule has 0 spiro atoms. The highest BCUT2D eigenvalue weighted by atomic mass is 32.2. The highest BCUT2D eigenvalue weighted by Crippen LogP contribution is 2.28. The number of nitrogens with one attached hydrogen (secondary N) is 2. The molecule has 2 N–H and O–H groups in total. The Kier molecular flexibility index (Phi) is 4.13. The third-order valence-corrected chi connectivity index (χ3v) is 4.11. The van der Waals surface area contributed by atoms with Gasteiger partial charge < -0.3 is 5.32 Å². The van der Waals surface area contributed by atoms with Crippen LogP contribution in [0.4, 0.5) is 5.95 Å². The first kappa shape index (κ1) is 13.2. The predicted molar refractivity (Wildman–Crippen MR) is 68.7 cm³/mol. The lowest BCUT2D eigenvalue weighted by Crippen LogP contribution is -2.26. The quantitative estimate of drug-likeness (QED) is 0.772. The van der Waals surface area contributed by atoms with Gasteiger partial charge in [-0.15, -0.1) is 0 Å². The number of aromatic nitrogens is 2. The van der Waals surface area contributed by atoms with E-state index in [2.05, 4.69) is 20.0 Å². The minimum atomic E-state index is -3.46. The summed E-state index contributed by atoms with van der Waals surface area (Å²) in [6.45, 7) is 3.32. The Bertz CT molecular complexity index is 482. The van der Waals surface area contributed by atoms with Crippen molar-refractivity contribution in [2.45, 2.75) is 31.1 Å². The maximum Gasteiger partial charge on any atom is 0.243 e. The van der Waals surface area contributed by atoms with Gasteiger partial charge in [0.15, 0.2) is 0 Å². The van der Waals surface area contributed by atoms with Crippen LogP contribution >= 0.6 is 0 Å². The molecule has 0 aliphatic heterocycles. The summed E-state index contributed by atoms with van der Waals surface area (Å²) in [5.74, 6) is 0.962. The van der Waals surface area contributed by atoms with Crippen molar-refractivity contribution in [1.82, 2.24) is 14.7 Å².